The molecule has 104 valence electrons. The Kier molecular flexibility index (Phi) is 3.93. The Morgan fingerprint density at radius 2 is 2.21 bits per heavy atom. The molecule has 1 aromatic rings. The summed E-state index contributed by atoms with van der Waals surface area (Å²) in [6, 6.07) is 1.87. The van der Waals surface area contributed by atoms with Crippen LogP contribution in [-0.2, 0) is 0 Å². The van der Waals surface area contributed by atoms with Crippen LogP contribution in [-0.4, -0.2) is 22.1 Å². The van der Waals surface area contributed by atoms with Crippen molar-refractivity contribution in [2.45, 2.75) is 39.2 Å². The second-order valence-corrected chi connectivity index (χ2v) is 5.48. The van der Waals surface area contributed by atoms with Gasteiger partial charge in [0, 0.05) is 6.04 Å². The molecular weight excluding hydrogens is 242 g/mol. The lowest BCUT2D eigenvalue weighted by atomic mass is 9.78. The summed E-state index contributed by atoms with van der Waals surface area (Å²) in [5.74, 6) is 0.811. The summed E-state index contributed by atoms with van der Waals surface area (Å²) in [4.78, 5) is 15.2. The molecule has 0 saturated heterocycles. The minimum absolute atomic E-state index is 0.106. The molecule has 1 aromatic heterocycles. The summed E-state index contributed by atoms with van der Waals surface area (Å²) in [6.07, 6.45) is 4.96. The molecule has 0 aromatic carbocycles. The Morgan fingerprint density at radius 1 is 1.47 bits per heavy atom. The number of carboxylic acids is 1. The monoisotopic (exact) mass is 263 g/mol. The Balaban J connectivity index is 2.15. The molecule has 3 unspecified atom stereocenters. The molecule has 0 radical (unpaired) electrons. The summed E-state index contributed by atoms with van der Waals surface area (Å²) in [5, 5.41) is 12.4. The molecule has 0 bridgehead atoms. The van der Waals surface area contributed by atoms with Gasteiger partial charge in [-0.3, -0.25) is 0 Å². The lowest BCUT2D eigenvalue weighted by Crippen LogP contribution is -2.35. The molecule has 4 N–H and O–H groups in total. The van der Waals surface area contributed by atoms with Crippen LogP contribution in [0.25, 0.3) is 0 Å². The smallest absolute Gasteiger partial charge is 0.337 e. The highest BCUT2D eigenvalue weighted by molar-refractivity contribution is 5.94. The number of rotatable bonds is 3. The molecule has 2 rings (SSSR count). The number of carbonyl (C=O) groups is 1. The summed E-state index contributed by atoms with van der Waals surface area (Å²) in [5.41, 5.74) is 5.90. The number of aromatic nitrogens is 1. The maximum Gasteiger partial charge on any atom is 0.337 e. The van der Waals surface area contributed by atoms with Crippen molar-refractivity contribution in [1.29, 1.82) is 0 Å². The van der Waals surface area contributed by atoms with E-state index in [0.29, 0.717) is 23.7 Å². The molecule has 1 aliphatic rings. The maximum atomic E-state index is 11.0. The predicted octanol–water partition coefficient (Wildman–Crippen LogP) is 2.60. The fourth-order valence-electron chi connectivity index (χ4n) is 2.71. The van der Waals surface area contributed by atoms with Crippen molar-refractivity contribution in [3.8, 4) is 0 Å². The van der Waals surface area contributed by atoms with E-state index in [0.717, 1.165) is 6.42 Å². The highest BCUT2D eigenvalue weighted by Crippen LogP contribution is 2.31. The Bertz CT molecular complexity index is 476. The molecule has 19 heavy (non-hydrogen) atoms. The Morgan fingerprint density at radius 3 is 2.89 bits per heavy atom. The van der Waals surface area contributed by atoms with Gasteiger partial charge in [-0.1, -0.05) is 26.7 Å². The number of nitrogens with zero attached hydrogens (tertiary/aromatic N) is 1. The van der Waals surface area contributed by atoms with Crippen molar-refractivity contribution in [2.75, 3.05) is 11.1 Å². The Hall–Kier alpha value is -1.78. The zero-order chi connectivity index (χ0) is 14.0. The topological polar surface area (TPSA) is 88.2 Å². The minimum atomic E-state index is -1.02. The van der Waals surface area contributed by atoms with Crippen LogP contribution < -0.4 is 11.1 Å². The van der Waals surface area contributed by atoms with Crippen molar-refractivity contribution in [3.05, 3.63) is 17.8 Å². The number of nitrogen functional groups attached to an aromatic ring is 1. The number of nitrogens with one attached hydrogen (secondary N) is 1. The first-order chi connectivity index (χ1) is 8.99. The van der Waals surface area contributed by atoms with Crippen LogP contribution in [0.5, 0.6) is 0 Å². The third kappa shape index (κ3) is 2.97. The van der Waals surface area contributed by atoms with E-state index in [1.54, 1.807) is 0 Å². The van der Waals surface area contributed by atoms with Gasteiger partial charge in [0.2, 0.25) is 0 Å². The third-order valence-corrected chi connectivity index (χ3v) is 4.21. The van der Waals surface area contributed by atoms with Gasteiger partial charge in [-0.15, -0.1) is 0 Å². The summed E-state index contributed by atoms with van der Waals surface area (Å²) in [7, 11) is 0. The highest BCUT2D eigenvalue weighted by atomic mass is 16.4. The fourth-order valence-corrected chi connectivity index (χ4v) is 2.71. The summed E-state index contributed by atoms with van der Waals surface area (Å²) in [6.45, 7) is 4.49. The van der Waals surface area contributed by atoms with Crippen molar-refractivity contribution in [3.63, 3.8) is 0 Å². The number of nitrogens with two attached hydrogens (primary N) is 1. The SMILES string of the molecule is CC1CCCC(Nc2cc(C(=O)O)c(N)cn2)C1C. The van der Waals surface area contributed by atoms with Crippen LogP contribution in [0.3, 0.4) is 0 Å². The van der Waals surface area contributed by atoms with Crippen LogP contribution >= 0.6 is 0 Å². The van der Waals surface area contributed by atoms with Crippen molar-refractivity contribution >= 4 is 17.5 Å². The Labute approximate surface area is 113 Å². The largest absolute Gasteiger partial charge is 0.478 e. The molecule has 3 atom stereocenters. The lowest BCUT2D eigenvalue weighted by Gasteiger charge is -2.35. The first-order valence-electron chi connectivity index (χ1n) is 6.74. The van der Waals surface area contributed by atoms with Gasteiger partial charge in [0.05, 0.1) is 17.4 Å². The van der Waals surface area contributed by atoms with Crippen molar-refractivity contribution in [1.82, 2.24) is 4.98 Å². The van der Waals surface area contributed by atoms with E-state index < -0.39 is 5.97 Å². The van der Waals surface area contributed by atoms with Crippen LogP contribution in [0, 0.1) is 11.8 Å². The number of aromatic carboxylic acids is 1. The average molecular weight is 263 g/mol. The van der Waals surface area contributed by atoms with E-state index in [2.05, 4.69) is 24.1 Å². The normalized spacial score (nSPS) is 26.9. The lowest BCUT2D eigenvalue weighted by molar-refractivity contribution is 0.0698. The molecular formula is C14H21N3O2. The molecule has 1 saturated carbocycles. The van der Waals surface area contributed by atoms with E-state index in [4.69, 9.17) is 10.8 Å². The molecule has 1 aliphatic carbocycles. The second kappa shape index (κ2) is 5.47. The first-order valence-corrected chi connectivity index (χ1v) is 6.74. The van der Waals surface area contributed by atoms with E-state index in [1.165, 1.54) is 25.1 Å². The van der Waals surface area contributed by atoms with Gasteiger partial charge in [0.1, 0.15) is 5.82 Å². The van der Waals surface area contributed by atoms with Gasteiger partial charge >= 0.3 is 5.97 Å². The summed E-state index contributed by atoms with van der Waals surface area (Å²) < 4.78 is 0. The van der Waals surface area contributed by atoms with Gasteiger partial charge in [-0.2, -0.15) is 0 Å². The van der Waals surface area contributed by atoms with Crippen LogP contribution in [0.15, 0.2) is 12.3 Å². The zero-order valence-corrected chi connectivity index (χ0v) is 11.4. The highest BCUT2D eigenvalue weighted by Gasteiger charge is 2.27. The van der Waals surface area contributed by atoms with Crippen molar-refractivity contribution in [2.24, 2.45) is 11.8 Å². The van der Waals surface area contributed by atoms with E-state index in [9.17, 15) is 4.79 Å². The standard InChI is InChI=1S/C14H21N3O2/c1-8-4-3-5-12(9(8)2)17-13-6-10(14(18)19)11(15)7-16-13/h6-9,12H,3-5,15H2,1-2H3,(H,16,17)(H,18,19). The molecule has 0 amide bonds. The summed E-state index contributed by atoms with van der Waals surface area (Å²) >= 11 is 0. The van der Waals surface area contributed by atoms with Gasteiger partial charge in [0.25, 0.3) is 0 Å². The predicted molar refractivity (Wildman–Crippen MR) is 75.2 cm³/mol. The molecule has 5 heteroatoms. The number of anilines is 2. The molecule has 1 fully saturated rings. The number of hydrogen-bond acceptors (Lipinski definition) is 4. The third-order valence-electron chi connectivity index (χ3n) is 4.21. The van der Waals surface area contributed by atoms with Gasteiger partial charge in [-0.05, 0) is 24.3 Å². The number of hydrogen-bond donors (Lipinski definition) is 3. The van der Waals surface area contributed by atoms with Gasteiger partial charge in [0.15, 0.2) is 0 Å². The van der Waals surface area contributed by atoms with E-state index >= 15 is 0 Å². The first kappa shape index (κ1) is 13.6. The maximum absolute atomic E-state index is 11.0. The molecule has 5 nitrogen and oxygen atoms in total. The van der Waals surface area contributed by atoms with Crippen LogP contribution in [0.1, 0.15) is 43.5 Å². The van der Waals surface area contributed by atoms with Gasteiger partial charge in [-0.25, -0.2) is 9.78 Å². The molecule has 0 aliphatic heterocycles. The van der Waals surface area contributed by atoms with Gasteiger partial charge < -0.3 is 16.2 Å². The quantitative estimate of drug-likeness (QED) is 0.780. The van der Waals surface area contributed by atoms with Crippen LogP contribution in [0.2, 0.25) is 0 Å². The van der Waals surface area contributed by atoms with Crippen LogP contribution in [0.4, 0.5) is 11.5 Å². The zero-order valence-electron chi connectivity index (χ0n) is 11.4. The minimum Gasteiger partial charge on any atom is -0.478 e. The average Bonchev–Trinajstić information content (AvgIpc) is 2.37. The number of pyridine rings is 1. The van der Waals surface area contributed by atoms with E-state index in [1.807, 2.05) is 0 Å². The molecule has 1 heterocycles. The van der Waals surface area contributed by atoms with E-state index in [-0.39, 0.29) is 11.3 Å². The second-order valence-electron chi connectivity index (χ2n) is 5.48. The fraction of sp³-hybridized carbons (Fsp3) is 0.571. The molecule has 0 spiro atoms. The number of carboxylic acid groups (broad SMARTS) is 1. The van der Waals surface area contributed by atoms with Crippen molar-refractivity contribution < 1.29 is 9.90 Å².